The fourth-order valence-electron chi connectivity index (χ4n) is 2.76. The van der Waals surface area contributed by atoms with Gasteiger partial charge in [0.25, 0.3) is 11.8 Å². The number of carbonyl (C=O) groups is 2. The molecule has 3 rings (SSSR count). The van der Waals surface area contributed by atoms with E-state index in [0.717, 1.165) is 5.56 Å². The Hall–Kier alpha value is -2.76. The van der Waals surface area contributed by atoms with Crippen molar-refractivity contribution in [3.63, 3.8) is 0 Å². The van der Waals surface area contributed by atoms with E-state index in [2.05, 4.69) is 0 Å². The second-order valence-electron chi connectivity index (χ2n) is 6.67. The maximum Gasteiger partial charge on any atom is 0.253 e. The molecule has 0 aromatic heterocycles. The Kier molecular flexibility index (Phi) is 4.53. The molecule has 2 aliphatic rings. The SMILES string of the molecule is COc1cc(C=CC(=O)N2CC(C)(C)C=CC2=O)cc2c1OCCO2. The molecular weight excluding hydrogens is 322 g/mol. The minimum absolute atomic E-state index is 0.225. The van der Waals surface area contributed by atoms with Crippen LogP contribution in [0, 0.1) is 5.41 Å². The highest BCUT2D eigenvalue weighted by molar-refractivity contribution is 6.07. The molecular formula is C19H21NO5. The van der Waals surface area contributed by atoms with E-state index in [1.807, 2.05) is 19.9 Å². The highest BCUT2D eigenvalue weighted by Gasteiger charge is 2.29. The van der Waals surface area contributed by atoms with Crippen LogP contribution in [-0.4, -0.2) is 43.6 Å². The Morgan fingerprint density at radius 3 is 2.80 bits per heavy atom. The molecule has 0 aliphatic carbocycles. The van der Waals surface area contributed by atoms with E-state index in [9.17, 15) is 9.59 Å². The maximum absolute atomic E-state index is 12.4. The molecule has 0 spiro atoms. The third-order valence-corrected chi connectivity index (χ3v) is 4.04. The number of rotatable bonds is 3. The van der Waals surface area contributed by atoms with Gasteiger partial charge in [0.1, 0.15) is 13.2 Å². The summed E-state index contributed by atoms with van der Waals surface area (Å²) in [5.74, 6) is 1.04. The first-order valence-electron chi connectivity index (χ1n) is 8.10. The maximum atomic E-state index is 12.4. The minimum Gasteiger partial charge on any atom is -0.493 e. The van der Waals surface area contributed by atoms with Crippen LogP contribution in [0.1, 0.15) is 19.4 Å². The first-order valence-corrected chi connectivity index (χ1v) is 8.10. The Morgan fingerprint density at radius 2 is 2.04 bits per heavy atom. The molecule has 2 heterocycles. The Labute approximate surface area is 146 Å². The number of hydrogen-bond donors (Lipinski definition) is 0. The molecule has 6 heteroatoms. The average Bonchev–Trinajstić information content (AvgIpc) is 2.61. The van der Waals surface area contributed by atoms with Gasteiger partial charge in [-0.15, -0.1) is 0 Å². The summed E-state index contributed by atoms with van der Waals surface area (Å²) in [7, 11) is 1.55. The zero-order valence-corrected chi connectivity index (χ0v) is 14.6. The monoisotopic (exact) mass is 343 g/mol. The molecule has 0 fully saturated rings. The van der Waals surface area contributed by atoms with E-state index in [-0.39, 0.29) is 17.2 Å². The van der Waals surface area contributed by atoms with Crippen molar-refractivity contribution in [3.8, 4) is 17.2 Å². The molecule has 0 N–H and O–H groups in total. The van der Waals surface area contributed by atoms with Gasteiger partial charge in [-0.2, -0.15) is 0 Å². The number of hydrogen-bond acceptors (Lipinski definition) is 5. The van der Waals surface area contributed by atoms with Crippen LogP contribution < -0.4 is 14.2 Å². The Balaban J connectivity index is 1.81. The highest BCUT2D eigenvalue weighted by Crippen LogP contribution is 2.40. The summed E-state index contributed by atoms with van der Waals surface area (Å²) < 4.78 is 16.5. The van der Waals surface area contributed by atoms with Gasteiger partial charge in [-0.3, -0.25) is 14.5 Å². The largest absolute Gasteiger partial charge is 0.493 e. The van der Waals surface area contributed by atoms with Crippen molar-refractivity contribution in [3.05, 3.63) is 35.9 Å². The molecule has 2 amide bonds. The zero-order valence-electron chi connectivity index (χ0n) is 14.6. The third kappa shape index (κ3) is 3.68. The van der Waals surface area contributed by atoms with Crippen molar-refractivity contribution in [2.45, 2.75) is 13.8 Å². The number of imide groups is 1. The van der Waals surface area contributed by atoms with Gasteiger partial charge in [-0.05, 0) is 23.8 Å². The van der Waals surface area contributed by atoms with Crippen LogP contribution in [0.5, 0.6) is 17.2 Å². The average molecular weight is 343 g/mol. The minimum atomic E-state index is -0.351. The summed E-state index contributed by atoms with van der Waals surface area (Å²) in [5.41, 5.74) is 0.506. The molecule has 6 nitrogen and oxygen atoms in total. The summed E-state index contributed by atoms with van der Waals surface area (Å²) in [6.07, 6.45) is 6.30. The number of carbonyl (C=O) groups excluding carboxylic acids is 2. The van der Waals surface area contributed by atoms with Crippen molar-refractivity contribution in [1.29, 1.82) is 0 Å². The molecule has 25 heavy (non-hydrogen) atoms. The van der Waals surface area contributed by atoms with Crippen LogP contribution in [0.2, 0.25) is 0 Å². The first-order chi connectivity index (χ1) is 11.9. The molecule has 1 aromatic carbocycles. The van der Waals surface area contributed by atoms with Crippen molar-refractivity contribution < 1.29 is 23.8 Å². The topological polar surface area (TPSA) is 65.1 Å². The molecule has 0 radical (unpaired) electrons. The molecule has 132 valence electrons. The molecule has 0 saturated heterocycles. The smallest absolute Gasteiger partial charge is 0.253 e. The molecule has 1 aromatic rings. The summed E-state index contributed by atoms with van der Waals surface area (Å²) in [6.45, 7) is 5.25. The number of benzene rings is 1. The van der Waals surface area contributed by atoms with Gasteiger partial charge in [0, 0.05) is 24.1 Å². The highest BCUT2D eigenvalue weighted by atomic mass is 16.6. The molecule has 0 unspecified atom stereocenters. The Morgan fingerprint density at radius 1 is 1.28 bits per heavy atom. The number of fused-ring (bicyclic) bond motifs is 1. The van der Waals surface area contributed by atoms with Crippen LogP contribution in [0.15, 0.2) is 30.4 Å². The molecule has 0 saturated carbocycles. The number of amides is 2. The van der Waals surface area contributed by atoms with Crippen molar-refractivity contribution in [1.82, 2.24) is 4.90 Å². The summed E-state index contributed by atoms with van der Waals surface area (Å²) in [6, 6.07) is 3.54. The lowest BCUT2D eigenvalue weighted by Gasteiger charge is -2.31. The van der Waals surface area contributed by atoms with Gasteiger partial charge in [0.15, 0.2) is 11.5 Å². The lowest BCUT2D eigenvalue weighted by Crippen LogP contribution is -2.43. The lowest BCUT2D eigenvalue weighted by molar-refractivity contribution is -0.140. The lowest BCUT2D eigenvalue weighted by atomic mass is 9.89. The van der Waals surface area contributed by atoms with Gasteiger partial charge < -0.3 is 14.2 Å². The Bertz CT molecular complexity index is 746. The summed E-state index contributed by atoms with van der Waals surface area (Å²) >= 11 is 0. The predicted molar refractivity (Wildman–Crippen MR) is 92.7 cm³/mol. The van der Waals surface area contributed by atoms with Crippen LogP contribution >= 0.6 is 0 Å². The molecule has 2 aliphatic heterocycles. The standard InChI is InChI=1S/C19H21NO5/c1-19(2)7-6-17(22)20(12-19)16(21)5-4-13-10-14(23-3)18-15(11-13)24-8-9-25-18/h4-7,10-11H,8-9,12H2,1-3H3. The van der Waals surface area contributed by atoms with Crippen LogP contribution in [0.25, 0.3) is 6.08 Å². The van der Waals surface area contributed by atoms with Crippen molar-refractivity contribution >= 4 is 17.9 Å². The van der Waals surface area contributed by atoms with Gasteiger partial charge in [0.2, 0.25) is 5.75 Å². The fraction of sp³-hybridized carbons (Fsp3) is 0.368. The second-order valence-corrected chi connectivity index (χ2v) is 6.67. The summed E-state index contributed by atoms with van der Waals surface area (Å²) in [4.78, 5) is 25.6. The van der Waals surface area contributed by atoms with E-state index in [1.54, 1.807) is 25.3 Å². The van der Waals surface area contributed by atoms with E-state index in [4.69, 9.17) is 14.2 Å². The summed E-state index contributed by atoms with van der Waals surface area (Å²) in [5, 5.41) is 0. The van der Waals surface area contributed by atoms with E-state index in [0.29, 0.717) is 37.0 Å². The van der Waals surface area contributed by atoms with Crippen LogP contribution in [0.4, 0.5) is 0 Å². The number of methoxy groups -OCH3 is 1. The van der Waals surface area contributed by atoms with Gasteiger partial charge >= 0.3 is 0 Å². The number of ether oxygens (including phenoxy) is 3. The van der Waals surface area contributed by atoms with Gasteiger partial charge in [0.05, 0.1) is 7.11 Å². The first kappa shape index (κ1) is 17.1. The van der Waals surface area contributed by atoms with Crippen molar-refractivity contribution in [2.24, 2.45) is 5.41 Å². The van der Waals surface area contributed by atoms with E-state index in [1.165, 1.54) is 17.1 Å². The van der Waals surface area contributed by atoms with Crippen LogP contribution in [0.3, 0.4) is 0 Å². The second kappa shape index (κ2) is 6.63. The van der Waals surface area contributed by atoms with Gasteiger partial charge in [-0.1, -0.05) is 19.9 Å². The zero-order chi connectivity index (χ0) is 18.0. The van der Waals surface area contributed by atoms with Crippen molar-refractivity contribution in [2.75, 3.05) is 26.9 Å². The quantitative estimate of drug-likeness (QED) is 0.789. The van der Waals surface area contributed by atoms with Gasteiger partial charge in [-0.25, -0.2) is 0 Å². The number of nitrogens with zero attached hydrogens (tertiary/aromatic N) is 1. The molecule has 0 atom stereocenters. The molecule has 0 bridgehead atoms. The fourth-order valence-corrected chi connectivity index (χ4v) is 2.76. The normalized spacial score (nSPS) is 18.5. The van der Waals surface area contributed by atoms with E-state index >= 15 is 0 Å². The third-order valence-electron chi connectivity index (χ3n) is 4.04. The van der Waals surface area contributed by atoms with Crippen LogP contribution in [-0.2, 0) is 9.59 Å². The van der Waals surface area contributed by atoms with E-state index < -0.39 is 0 Å². The predicted octanol–water partition coefficient (Wildman–Crippen LogP) is 2.43.